The number of ether oxygens (including phenoxy) is 3. The fourth-order valence-electron chi connectivity index (χ4n) is 0.867. The van der Waals surface area contributed by atoms with Crippen LogP contribution in [0.5, 0.6) is 0 Å². The average Bonchev–Trinajstić information content (AvgIpc) is 2.57. The fraction of sp³-hybridized carbons (Fsp3) is 0.400. The highest BCUT2D eigenvalue weighted by Gasteiger charge is 2.16. The van der Waals surface area contributed by atoms with E-state index in [0.29, 0.717) is 6.42 Å². The van der Waals surface area contributed by atoms with Gasteiger partial charge in [0.1, 0.15) is 13.2 Å². The first-order valence-electron chi connectivity index (χ1n) is 6.58. The van der Waals surface area contributed by atoms with Crippen molar-refractivity contribution < 1.29 is 38.8 Å². The Labute approximate surface area is 134 Å². The molecule has 0 fully saturated rings. The SMILES string of the molecule is C=CC(=O)OCC(COC(=O)C=C)OC(=O)C=C.OCCCO. The van der Waals surface area contributed by atoms with E-state index in [1.54, 1.807) is 0 Å². The molecule has 0 aromatic carbocycles. The van der Waals surface area contributed by atoms with Crippen molar-refractivity contribution in [2.75, 3.05) is 26.4 Å². The van der Waals surface area contributed by atoms with Crippen LogP contribution in [0.4, 0.5) is 0 Å². The third-order valence-electron chi connectivity index (χ3n) is 1.92. The Morgan fingerprint density at radius 1 is 0.826 bits per heavy atom. The molecule has 0 aromatic rings. The normalized spacial score (nSPS) is 9.00. The second kappa shape index (κ2) is 15.9. The minimum Gasteiger partial charge on any atom is -0.458 e. The first-order valence-corrected chi connectivity index (χ1v) is 6.58. The standard InChI is InChI=1S/C12H14O6.C3H8O2/c1-4-10(13)16-7-9(18-12(15)6-3)8-17-11(14)5-2;4-2-1-3-5/h4-6,9H,1-3,7-8H2;4-5H,1-3H2. The van der Waals surface area contributed by atoms with Gasteiger partial charge in [0, 0.05) is 31.4 Å². The van der Waals surface area contributed by atoms with E-state index in [1.165, 1.54) is 0 Å². The molecule has 0 aromatic heterocycles. The summed E-state index contributed by atoms with van der Waals surface area (Å²) >= 11 is 0. The van der Waals surface area contributed by atoms with Gasteiger partial charge in [-0.2, -0.15) is 0 Å². The minimum absolute atomic E-state index is 0.0938. The number of aliphatic hydroxyl groups is 2. The van der Waals surface area contributed by atoms with Crippen molar-refractivity contribution >= 4 is 17.9 Å². The monoisotopic (exact) mass is 330 g/mol. The summed E-state index contributed by atoms with van der Waals surface area (Å²) in [5, 5.41) is 15.8. The highest BCUT2D eigenvalue weighted by Crippen LogP contribution is 1.98. The summed E-state index contributed by atoms with van der Waals surface area (Å²) in [7, 11) is 0. The second-order valence-electron chi connectivity index (χ2n) is 3.73. The van der Waals surface area contributed by atoms with Crippen molar-refractivity contribution in [1.82, 2.24) is 0 Å². The van der Waals surface area contributed by atoms with E-state index in [4.69, 9.17) is 14.9 Å². The number of esters is 3. The molecule has 0 unspecified atom stereocenters. The van der Waals surface area contributed by atoms with E-state index in [0.717, 1.165) is 18.2 Å². The smallest absolute Gasteiger partial charge is 0.330 e. The van der Waals surface area contributed by atoms with E-state index < -0.39 is 24.0 Å². The number of hydrogen-bond acceptors (Lipinski definition) is 8. The highest BCUT2D eigenvalue weighted by atomic mass is 16.6. The zero-order valence-electron chi connectivity index (χ0n) is 12.8. The van der Waals surface area contributed by atoms with Gasteiger partial charge in [0.2, 0.25) is 0 Å². The van der Waals surface area contributed by atoms with Crippen molar-refractivity contribution in [3.8, 4) is 0 Å². The molecule has 0 amide bonds. The van der Waals surface area contributed by atoms with Gasteiger partial charge >= 0.3 is 17.9 Å². The molecule has 0 radical (unpaired) electrons. The zero-order chi connectivity index (χ0) is 18.1. The third-order valence-corrected chi connectivity index (χ3v) is 1.92. The van der Waals surface area contributed by atoms with Crippen molar-refractivity contribution in [2.24, 2.45) is 0 Å². The maximum Gasteiger partial charge on any atom is 0.330 e. The van der Waals surface area contributed by atoms with Crippen molar-refractivity contribution in [1.29, 1.82) is 0 Å². The van der Waals surface area contributed by atoms with E-state index >= 15 is 0 Å². The van der Waals surface area contributed by atoms with Gasteiger partial charge in [0.05, 0.1) is 0 Å². The fourth-order valence-corrected chi connectivity index (χ4v) is 0.867. The maximum atomic E-state index is 11.0. The van der Waals surface area contributed by atoms with Crippen LogP contribution in [-0.4, -0.2) is 60.7 Å². The summed E-state index contributed by atoms with van der Waals surface area (Å²) in [5.74, 6) is -2.07. The molecule has 8 nitrogen and oxygen atoms in total. The average molecular weight is 330 g/mol. The van der Waals surface area contributed by atoms with Crippen LogP contribution in [-0.2, 0) is 28.6 Å². The summed E-state index contributed by atoms with van der Waals surface area (Å²) < 4.78 is 14.2. The predicted molar refractivity (Wildman–Crippen MR) is 81.2 cm³/mol. The van der Waals surface area contributed by atoms with Crippen LogP contribution < -0.4 is 0 Å². The molecule has 0 atom stereocenters. The molecule has 0 heterocycles. The molecule has 0 aliphatic rings. The Hall–Kier alpha value is -2.45. The van der Waals surface area contributed by atoms with Gasteiger partial charge in [0.15, 0.2) is 6.10 Å². The van der Waals surface area contributed by atoms with Crippen LogP contribution in [0, 0.1) is 0 Å². The first-order chi connectivity index (χ1) is 10.9. The number of hydrogen-bond donors (Lipinski definition) is 2. The molecule has 0 saturated carbocycles. The second-order valence-corrected chi connectivity index (χ2v) is 3.73. The molecule has 0 saturated heterocycles. The molecular formula is C15H22O8. The lowest BCUT2D eigenvalue weighted by atomic mass is 10.4. The molecule has 130 valence electrons. The summed E-state index contributed by atoms with van der Waals surface area (Å²) in [6.07, 6.45) is 2.45. The van der Waals surface area contributed by atoms with Crippen LogP contribution in [0.1, 0.15) is 6.42 Å². The number of carbonyl (C=O) groups excluding carboxylic acids is 3. The Morgan fingerprint density at radius 3 is 1.48 bits per heavy atom. The largest absolute Gasteiger partial charge is 0.458 e. The summed E-state index contributed by atoms with van der Waals surface area (Å²) in [5.41, 5.74) is 0. The molecule has 0 spiro atoms. The Bertz CT molecular complexity index is 376. The van der Waals surface area contributed by atoms with E-state index in [2.05, 4.69) is 29.2 Å². The topological polar surface area (TPSA) is 119 Å². The Balaban J connectivity index is 0. The summed E-state index contributed by atoms with van der Waals surface area (Å²) in [4.78, 5) is 32.7. The minimum atomic E-state index is -0.914. The van der Waals surface area contributed by atoms with E-state index in [1.807, 2.05) is 0 Å². The van der Waals surface area contributed by atoms with Crippen LogP contribution in [0.2, 0.25) is 0 Å². The van der Waals surface area contributed by atoms with Gasteiger partial charge < -0.3 is 24.4 Å². The Kier molecular flexibility index (Phi) is 15.8. The van der Waals surface area contributed by atoms with Crippen LogP contribution >= 0.6 is 0 Å². The van der Waals surface area contributed by atoms with Crippen molar-refractivity contribution in [2.45, 2.75) is 12.5 Å². The molecule has 0 rings (SSSR count). The predicted octanol–water partition coefficient (Wildman–Crippen LogP) is -0.0963. The summed E-state index contributed by atoms with van der Waals surface area (Å²) in [6, 6.07) is 0. The Morgan fingerprint density at radius 2 is 1.22 bits per heavy atom. The number of carbonyl (C=O) groups is 3. The summed E-state index contributed by atoms with van der Waals surface area (Å²) in [6.45, 7) is 9.30. The molecular weight excluding hydrogens is 308 g/mol. The highest BCUT2D eigenvalue weighted by molar-refractivity contribution is 5.82. The van der Waals surface area contributed by atoms with Gasteiger partial charge in [-0.3, -0.25) is 0 Å². The van der Waals surface area contributed by atoms with Gasteiger partial charge in [-0.05, 0) is 6.42 Å². The number of rotatable bonds is 10. The van der Waals surface area contributed by atoms with Crippen molar-refractivity contribution in [3.05, 3.63) is 38.0 Å². The quantitative estimate of drug-likeness (QED) is 0.324. The van der Waals surface area contributed by atoms with Gasteiger partial charge in [-0.1, -0.05) is 19.7 Å². The van der Waals surface area contributed by atoms with E-state index in [-0.39, 0.29) is 26.4 Å². The molecule has 0 aliphatic heterocycles. The molecule has 0 bridgehead atoms. The van der Waals surface area contributed by atoms with Crippen LogP contribution in [0.15, 0.2) is 38.0 Å². The van der Waals surface area contributed by atoms with E-state index in [9.17, 15) is 14.4 Å². The molecule has 0 aliphatic carbocycles. The first kappa shape index (κ1) is 22.8. The van der Waals surface area contributed by atoms with Gasteiger partial charge in [-0.15, -0.1) is 0 Å². The maximum absolute atomic E-state index is 11.0. The lowest BCUT2D eigenvalue weighted by Gasteiger charge is -2.16. The molecule has 2 N–H and O–H groups in total. The van der Waals surface area contributed by atoms with Gasteiger partial charge in [0.25, 0.3) is 0 Å². The molecule has 23 heavy (non-hydrogen) atoms. The van der Waals surface area contributed by atoms with Crippen LogP contribution in [0.3, 0.4) is 0 Å². The lowest BCUT2D eigenvalue weighted by molar-refractivity contribution is -0.160. The van der Waals surface area contributed by atoms with Crippen LogP contribution in [0.25, 0.3) is 0 Å². The molecule has 8 heteroatoms. The third kappa shape index (κ3) is 15.8. The number of aliphatic hydroxyl groups excluding tert-OH is 2. The van der Waals surface area contributed by atoms with Gasteiger partial charge in [-0.25, -0.2) is 14.4 Å². The lowest BCUT2D eigenvalue weighted by Crippen LogP contribution is -2.29. The zero-order valence-corrected chi connectivity index (χ0v) is 12.8. The van der Waals surface area contributed by atoms with Crippen molar-refractivity contribution in [3.63, 3.8) is 0 Å².